The van der Waals surface area contributed by atoms with Crippen molar-refractivity contribution in [2.45, 2.75) is 32.3 Å². The Hall–Kier alpha value is -3.03. The minimum absolute atomic E-state index is 0.234. The Balaban J connectivity index is 1.56. The van der Waals surface area contributed by atoms with Gasteiger partial charge in [0.15, 0.2) is 0 Å². The van der Waals surface area contributed by atoms with Gasteiger partial charge in [-0.3, -0.25) is 0 Å². The number of rotatable bonds is 1. The predicted molar refractivity (Wildman–Crippen MR) is 104 cm³/mol. The van der Waals surface area contributed by atoms with Crippen LogP contribution in [0.3, 0.4) is 0 Å². The van der Waals surface area contributed by atoms with Crippen LogP contribution >= 0.6 is 0 Å². The summed E-state index contributed by atoms with van der Waals surface area (Å²) in [7, 11) is 1.70. The largest absolute Gasteiger partial charge is 0.439 e. The van der Waals surface area contributed by atoms with Gasteiger partial charge in [-0.25, -0.2) is 14.4 Å². The maximum atomic E-state index is 12.9. The lowest BCUT2D eigenvalue weighted by atomic mass is 9.93. The highest BCUT2D eigenvalue weighted by Gasteiger charge is 2.47. The third-order valence-electron chi connectivity index (χ3n) is 5.51. The minimum Gasteiger partial charge on any atom is -0.439 e. The van der Waals surface area contributed by atoms with Crippen LogP contribution in [0.4, 0.5) is 15.3 Å². The zero-order valence-corrected chi connectivity index (χ0v) is 16.2. The first-order chi connectivity index (χ1) is 13.3. The molecule has 148 valence electrons. The standard InChI is InChI=1S/C20H23N3O5/c1-12-8-17(24)27-16-7-13(2)15(9-14(12)16)21-18(25)23-6-4-5-20(11-23)10-22(3)19(26)28-20/h7-9H,4-6,10-11H2,1-3H3,(H,21,25). The topological polar surface area (TPSA) is 92.1 Å². The molecule has 1 N–H and O–H groups in total. The zero-order chi connectivity index (χ0) is 20.1. The van der Waals surface area contributed by atoms with E-state index >= 15 is 0 Å². The summed E-state index contributed by atoms with van der Waals surface area (Å²) >= 11 is 0. The Morgan fingerprint density at radius 1 is 1.14 bits per heavy atom. The lowest BCUT2D eigenvalue weighted by Crippen LogP contribution is -2.53. The summed E-state index contributed by atoms with van der Waals surface area (Å²) < 4.78 is 10.8. The Kier molecular flexibility index (Phi) is 4.28. The van der Waals surface area contributed by atoms with E-state index in [1.807, 2.05) is 19.9 Å². The molecule has 8 heteroatoms. The van der Waals surface area contributed by atoms with Gasteiger partial charge >= 0.3 is 17.7 Å². The Morgan fingerprint density at radius 3 is 2.64 bits per heavy atom. The van der Waals surface area contributed by atoms with Gasteiger partial charge in [-0.15, -0.1) is 0 Å². The highest BCUT2D eigenvalue weighted by atomic mass is 16.6. The van der Waals surface area contributed by atoms with Crippen LogP contribution in [0.2, 0.25) is 0 Å². The number of aryl methyl sites for hydroxylation is 2. The third-order valence-corrected chi connectivity index (χ3v) is 5.51. The van der Waals surface area contributed by atoms with Crippen LogP contribution in [0.5, 0.6) is 0 Å². The number of benzene rings is 1. The molecule has 3 amide bonds. The molecule has 2 saturated heterocycles. The predicted octanol–water partition coefficient (Wildman–Crippen LogP) is 2.86. The van der Waals surface area contributed by atoms with Crippen molar-refractivity contribution < 1.29 is 18.7 Å². The summed E-state index contributed by atoms with van der Waals surface area (Å²) in [6, 6.07) is 4.78. The molecule has 2 aliphatic rings. The Labute approximate surface area is 162 Å². The lowest BCUT2D eigenvalue weighted by Gasteiger charge is -2.38. The highest BCUT2D eigenvalue weighted by molar-refractivity contribution is 5.94. The average Bonchev–Trinajstić information content (AvgIpc) is 2.89. The van der Waals surface area contributed by atoms with Crippen LogP contribution < -0.4 is 10.9 Å². The van der Waals surface area contributed by atoms with Crippen molar-refractivity contribution in [2.24, 2.45) is 0 Å². The first kappa shape index (κ1) is 18.3. The fraction of sp³-hybridized carbons (Fsp3) is 0.450. The van der Waals surface area contributed by atoms with Gasteiger partial charge in [0.05, 0.1) is 13.1 Å². The quantitative estimate of drug-likeness (QED) is 0.762. The normalized spacial score (nSPS) is 22.0. The van der Waals surface area contributed by atoms with Crippen LogP contribution in [0.25, 0.3) is 11.0 Å². The number of carbonyl (C=O) groups excluding carboxylic acids is 2. The first-order valence-corrected chi connectivity index (χ1v) is 9.31. The van der Waals surface area contributed by atoms with Gasteiger partial charge in [0.25, 0.3) is 0 Å². The van der Waals surface area contributed by atoms with Gasteiger partial charge in [-0.1, -0.05) is 0 Å². The number of fused-ring (bicyclic) bond motifs is 1. The van der Waals surface area contributed by atoms with Crippen molar-refractivity contribution in [3.05, 3.63) is 39.7 Å². The number of amides is 3. The number of likely N-dealkylation sites (N-methyl/N-ethyl adjacent to an activating group) is 1. The van der Waals surface area contributed by atoms with E-state index in [-0.39, 0.29) is 12.1 Å². The highest BCUT2D eigenvalue weighted by Crippen LogP contribution is 2.32. The maximum Gasteiger partial charge on any atom is 0.410 e. The summed E-state index contributed by atoms with van der Waals surface area (Å²) in [4.78, 5) is 39.5. The van der Waals surface area contributed by atoms with Crippen molar-refractivity contribution in [3.8, 4) is 0 Å². The van der Waals surface area contributed by atoms with Crippen LogP contribution in [0.15, 0.2) is 27.4 Å². The molecule has 3 heterocycles. The van der Waals surface area contributed by atoms with E-state index in [1.54, 1.807) is 22.9 Å². The third kappa shape index (κ3) is 3.19. The number of likely N-dealkylation sites (tertiary alicyclic amines) is 1. The smallest absolute Gasteiger partial charge is 0.410 e. The number of hydrogen-bond acceptors (Lipinski definition) is 5. The van der Waals surface area contributed by atoms with Crippen molar-refractivity contribution in [3.63, 3.8) is 0 Å². The number of nitrogens with one attached hydrogen (secondary N) is 1. The number of urea groups is 1. The number of hydrogen-bond donors (Lipinski definition) is 1. The molecule has 2 fully saturated rings. The fourth-order valence-electron chi connectivity index (χ4n) is 4.07. The van der Waals surface area contributed by atoms with E-state index < -0.39 is 11.2 Å². The molecule has 0 bridgehead atoms. The van der Waals surface area contributed by atoms with Crippen molar-refractivity contribution in [2.75, 3.05) is 32.0 Å². The molecule has 2 aliphatic heterocycles. The monoisotopic (exact) mass is 385 g/mol. The molecule has 8 nitrogen and oxygen atoms in total. The number of piperidine rings is 1. The fourth-order valence-corrected chi connectivity index (χ4v) is 4.07. The van der Waals surface area contributed by atoms with Gasteiger partial charge in [-0.2, -0.15) is 0 Å². The molecule has 0 saturated carbocycles. The van der Waals surface area contributed by atoms with E-state index in [4.69, 9.17) is 9.15 Å². The minimum atomic E-state index is -0.625. The van der Waals surface area contributed by atoms with E-state index in [0.29, 0.717) is 30.9 Å². The SMILES string of the molecule is Cc1cc2oc(=O)cc(C)c2cc1NC(=O)N1CCCC2(CN(C)C(=O)O2)C1. The molecule has 1 aromatic carbocycles. The van der Waals surface area contributed by atoms with E-state index in [9.17, 15) is 14.4 Å². The Bertz CT molecular complexity index is 1030. The summed E-state index contributed by atoms with van der Waals surface area (Å²) in [5.41, 5.74) is 1.73. The second-order valence-electron chi connectivity index (χ2n) is 7.77. The molecule has 1 aromatic heterocycles. The molecule has 1 atom stereocenters. The molecule has 0 aliphatic carbocycles. The van der Waals surface area contributed by atoms with Crippen molar-refractivity contribution in [1.82, 2.24) is 9.80 Å². The molecule has 4 rings (SSSR count). The second kappa shape index (κ2) is 6.54. The molecular formula is C20H23N3O5. The number of carbonyl (C=O) groups is 2. The molecule has 1 unspecified atom stereocenters. The number of ether oxygens (including phenoxy) is 1. The molecule has 28 heavy (non-hydrogen) atoms. The summed E-state index contributed by atoms with van der Waals surface area (Å²) in [6.45, 7) is 5.15. The summed E-state index contributed by atoms with van der Waals surface area (Å²) in [5.74, 6) is 0. The van der Waals surface area contributed by atoms with E-state index in [1.165, 1.54) is 6.07 Å². The van der Waals surface area contributed by atoms with Crippen molar-refractivity contribution >= 4 is 28.8 Å². The average molecular weight is 385 g/mol. The zero-order valence-electron chi connectivity index (χ0n) is 16.2. The van der Waals surface area contributed by atoms with Gasteiger partial charge < -0.3 is 24.3 Å². The Morgan fingerprint density at radius 2 is 1.93 bits per heavy atom. The molecule has 1 spiro atoms. The lowest BCUT2D eigenvalue weighted by molar-refractivity contribution is 0.00497. The molecule has 0 radical (unpaired) electrons. The van der Waals surface area contributed by atoms with Crippen LogP contribution in [0.1, 0.15) is 24.0 Å². The van der Waals surface area contributed by atoms with Crippen molar-refractivity contribution in [1.29, 1.82) is 0 Å². The van der Waals surface area contributed by atoms with Gasteiger partial charge in [0.1, 0.15) is 11.2 Å². The van der Waals surface area contributed by atoms with Gasteiger partial charge in [-0.05, 0) is 49.9 Å². The van der Waals surface area contributed by atoms with Crippen LogP contribution in [0, 0.1) is 13.8 Å². The van der Waals surface area contributed by atoms with Crippen LogP contribution in [-0.2, 0) is 4.74 Å². The summed E-state index contributed by atoms with van der Waals surface area (Å²) in [5, 5.41) is 3.74. The van der Waals surface area contributed by atoms with Gasteiger partial charge in [0.2, 0.25) is 0 Å². The van der Waals surface area contributed by atoms with E-state index in [2.05, 4.69) is 5.32 Å². The molecular weight excluding hydrogens is 362 g/mol. The van der Waals surface area contributed by atoms with Gasteiger partial charge in [0, 0.05) is 30.7 Å². The maximum absolute atomic E-state index is 12.9. The number of nitrogens with zero attached hydrogens (tertiary/aromatic N) is 2. The summed E-state index contributed by atoms with van der Waals surface area (Å²) in [6.07, 6.45) is 1.18. The first-order valence-electron chi connectivity index (χ1n) is 9.31. The second-order valence-corrected chi connectivity index (χ2v) is 7.77. The number of anilines is 1. The van der Waals surface area contributed by atoms with Crippen LogP contribution in [-0.4, -0.2) is 54.2 Å². The molecule has 2 aromatic rings. The van der Waals surface area contributed by atoms with E-state index in [0.717, 1.165) is 29.4 Å².